The second-order valence-corrected chi connectivity index (χ2v) is 7.38. The van der Waals surface area contributed by atoms with Crippen molar-refractivity contribution in [2.24, 2.45) is 23.7 Å². The zero-order chi connectivity index (χ0) is 14.2. The summed E-state index contributed by atoms with van der Waals surface area (Å²) in [4.78, 5) is 0. The van der Waals surface area contributed by atoms with Gasteiger partial charge in [0.1, 0.15) is 12.4 Å². The summed E-state index contributed by atoms with van der Waals surface area (Å²) in [6, 6.07) is 9.11. The first-order valence-electron chi connectivity index (χ1n) is 8.74. The Balaban J connectivity index is 1.23. The van der Waals surface area contributed by atoms with Gasteiger partial charge < -0.3 is 10.1 Å². The van der Waals surface area contributed by atoms with E-state index in [1.807, 2.05) is 6.07 Å². The normalized spacial score (nSPS) is 36.9. The minimum atomic E-state index is 0.774. The fourth-order valence-electron chi connectivity index (χ4n) is 5.42. The molecule has 3 aliphatic carbocycles. The van der Waals surface area contributed by atoms with Crippen molar-refractivity contribution in [1.29, 1.82) is 0 Å². The first-order valence-corrected chi connectivity index (χ1v) is 8.74. The number of rotatable bonds is 5. The molecule has 1 aromatic carbocycles. The molecule has 0 heterocycles. The molecule has 3 saturated carbocycles. The van der Waals surface area contributed by atoms with Crippen LogP contribution in [-0.2, 0) is 0 Å². The maximum absolute atomic E-state index is 5.85. The van der Waals surface area contributed by atoms with Gasteiger partial charge in [-0.2, -0.15) is 0 Å². The number of hydrogen-bond donors (Lipinski definition) is 1. The fraction of sp³-hybridized carbons (Fsp3) is 0.684. The van der Waals surface area contributed by atoms with E-state index < -0.39 is 0 Å². The summed E-state index contributed by atoms with van der Waals surface area (Å²) in [6.07, 6.45) is 7.45. The minimum absolute atomic E-state index is 0.774. The van der Waals surface area contributed by atoms with Gasteiger partial charge in [0.15, 0.2) is 0 Å². The molecule has 0 spiro atoms. The Hall–Kier alpha value is -1.02. The molecule has 5 unspecified atom stereocenters. The molecule has 21 heavy (non-hydrogen) atoms. The highest BCUT2D eigenvalue weighted by Crippen LogP contribution is 2.58. The summed E-state index contributed by atoms with van der Waals surface area (Å²) in [6.45, 7) is 3.88. The first kappa shape index (κ1) is 13.6. The van der Waals surface area contributed by atoms with Gasteiger partial charge in [-0.25, -0.2) is 0 Å². The van der Waals surface area contributed by atoms with Gasteiger partial charge >= 0.3 is 0 Å². The highest BCUT2D eigenvalue weighted by atomic mass is 16.5. The summed E-state index contributed by atoms with van der Waals surface area (Å²) in [5, 5.41) is 3.79. The quantitative estimate of drug-likeness (QED) is 0.831. The molecule has 2 bridgehead atoms. The van der Waals surface area contributed by atoms with Crippen LogP contribution in [0.3, 0.4) is 0 Å². The van der Waals surface area contributed by atoms with Crippen molar-refractivity contribution in [2.75, 3.05) is 13.2 Å². The Labute approximate surface area is 128 Å². The van der Waals surface area contributed by atoms with Crippen LogP contribution in [-0.4, -0.2) is 19.2 Å². The van der Waals surface area contributed by atoms with E-state index in [1.165, 1.54) is 37.7 Å². The molecular formula is C19H27NO. The molecule has 0 aliphatic heterocycles. The van der Waals surface area contributed by atoms with Gasteiger partial charge in [0.25, 0.3) is 0 Å². The molecule has 1 N–H and O–H groups in total. The molecule has 2 heteroatoms. The number of benzene rings is 1. The smallest absolute Gasteiger partial charge is 0.119 e. The van der Waals surface area contributed by atoms with Crippen LogP contribution in [0, 0.1) is 30.6 Å². The largest absolute Gasteiger partial charge is 0.492 e. The fourth-order valence-corrected chi connectivity index (χ4v) is 5.42. The lowest BCUT2D eigenvalue weighted by Crippen LogP contribution is -2.41. The lowest BCUT2D eigenvalue weighted by atomic mass is 9.79. The van der Waals surface area contributed by atoms with Gasteiger partial charge in [0, 0.05) is 12.6 Å². The number of nitrogens with one attached hydrogen (secondary N) is 1. The maximum atomic E-state index is 5.85. The van der Waals surface area contributed by atoms with Crippen molar-refractivity contribution >= 4 is 0 Å². The predicted octanol–water partition coefficient (Wildman–Crippen LogP) is 3.79. The Morgan fingerprint density at radius 2 is 2.05 bits per heavy atom. The van der Waals surface area contributed by atoms with Crippen LogP contribution in [0.5, 0.6) is 5.75 Å². The molecule has 0 aromatic heterocycles. The predicted molar refractivity (Wildman–Crippen MR) is 85.5 cm³/mol. The van der Waals surface area contributed by atoms with Crippen molar-refractivity contribution in [3.63, 3.8) is 0 Å². The second kappa shape index (κ2) is 5.64. The third kappa shape index (κ3) is 2.59. The van der Waals surface area contributed by atoms with Crippen molar-refractivity contribution in [3.8, 4) is 5.75 Å². The van der Waals surface area contributed by atoms with Gasteiger partial charge in [-0.3, -0.25) is 0 Å². The van der Waals surface area contributed by atoms with Crippen molar-refractivity contribution < 1.29 is 4.74 Å². The lowest BCUT2D eigenvalue weighted by Gasteiger charge is -2.32. The van der Waals surface area contributed by atoms with Crippen LogP contribution in [0.25, 0.3) is 0 Å². The molecule has 3 aliphatic rings. The van der Waals surface area contributed by atoms with Gasteiger partial charge in [-0.05, 0) is 74.0 Å². The molecule has 1 aromatic rings. The van der Waals surface area contributed by atoms with Gasteiger partial charge in [-0.1, -0.05) is 18.6 Å². The number of fused-ring (bicyclic) bond motifs is 5. The molecule has 0 saturated heterocycles. The standard InChI is InChI=1S/C19H27NO/c1-13-4-2-5-15(10-13)21-9-8-20-19-12-14-11-18(19)17-7-3-6-16(14)17/h2,4-5,10,14,16-20H,3,6-9,11-12H2,1H3. The Morgan fingerprint density at radius 1 is 1.14 bits per heavy atom. The van der Waals surface area contributed by atoms with E-state index in [0.717, 1.165) is 48.6 Å². The van der Waals surface area contributed by atoms with Crippen LogP contribution in [0.15, 0.2) is 24.3 Å². The molecule has 5 atom stereocenters. The summed E-state index contributed by atoms with van der Waals surface area (Å²) >= 11 is 0. The molecule has 114 valence electrons. The Kier molecular flexibility index (Phi) is 3.66. The lowest BCUT2D eigenvalue weighted by molar-refractivity contribution is 0.200. The average Bonchev–Trinajstić information content (AvgIpc) is 3.16. The van der Waals surface area contributed by atoms with Crippen molar-refractivity contribution in [1.82, 2.24) is 5.32 Å². The average molecular weight is 285 g/mol. The molecule has 0 radical (unpaired) electrons. The number of aryl methyl sites for hydroxylation is 1. The van der Waals surface area contributed by atoms with Gasteiger partial charge in [-0.15, -0.1) is 0 Å². The van der Waals surface area contributed by atoms with E-state index in [0.29, 0.717) is 0 Å². The molecule has 2 nitrogen and oxygen atoms in total. The van der Waals surface area contributed by atoms with E-state index in [4.69, 9.17) is 4.74 Å². The summed E-state index contributed by atoms with van der Waals surface area (Å²) in [5.41, 5.74) is 1.26. The van der Waals surface area contributed by atoms with Crippen LogP contribution >= 0.6 is 0 Å². The van der Waals surface area contributed by atoms with E-state index in [9.17, 15) is 0 Å². The number of hydrogen-bond acceptors (Lipinski definition) is 2. The third-order valence-corrected chi connectivity index (χ3v) is 6.20. The minimum Gasteiger partial charge on any atom is -0.492 e. The monoisotopic (exact) mass is 285 g/mol. The topological polar surface area (TPSA) is 21.3 Å². The van der Waals surface area contributed by atoms with Gasteiger partial charge in [0.05, 0.1) is 0 Å². The van der Waals surface area contributed by atoms with Crippen molar-refractivity contribution in [3.05, 3.63) is 29.8 Å². The summed E-state index contributed by atoms with van der Waals surface area (Å²) in [5.74, 6) is 5.16. The summed E-state index contributed by atoms with van der Waals surface area (Å²) < 4.78 is 5.85. The Morgan fingerprint density at radius 3 is 2.95 bits per heavy atom. The van der Waals surface area contributed by atoms with Crippen LogP contribution in [0.1, 0.15) is 37.7 Å². The summed E-state index contributed by atoms with van der Waals surface area (Å²) in [7, 11) is 0. The highest BCUT2D eigenvalue weighted by molar-refractivity contribution is 5.27. The van der Waals surface area contributed by atoms with E-state index >= 15 is 0 Å². The molecule has 3 fully saturated rings. The van der Waals surface area contributed by atoms with E-state index in [1.54, 1.807) is 0 Å². The van der Waals surface area contributed by atoms with Crippen LogP contribution in [0.2, 0.25) is 0 Å². The molecular weight excluding hydrogens is 258 g/mol. The molecule has 4 rings (SSSR count). The maximum Gasteiger partial charge on any atom is 0.119 e. The highest BCUT2D eigenvalue weighted by Gasteiger charge is 2.53. The Bertz CT molecular complexity index is 500. The van der Waals surface area contributed by atoms with Crippen molar-refractivity contribution in [2.45, 2.75) is 45.1 Å². The third-order valence-electron chi connectivity index (χ3n) is 6.20. The van der Waals surface area contributed by atoms with Gasteiger partial charge in [0.2, 0.25) is 0 Å². The van der Waals surface area contributed by atoms with E-state index in [2.05, 4.69) is 30.4 Å². The zero-order valence-corrected chi connectivity index (χ0v) is 13.1. The second-order valence-electron chi connectivity index (χ2n) is 7.38. The zero-order valence-electron chi connectivity index (χ0n) is 13.1. The molecule has 0 amide bonds. The van der Waals surface area contributed by atoms with Crippen LogP contribution in [0.4, 0.5) is 0 Å². The first-order chi connectivity index (χ1) is 10.3. The number of ether oxygens (including phenoxy) is 1. The van der Waals surface area contributed by atoms with Crippen LogP contribution < -0.4 is 10.1 Å². The SMILES string of the molecule is Cc1cccc(OCCNC2CC3CC2C2CCCC32)c1. The van der Waals surface area contributed by atoms with E-state index in [-0.39, 0.29) is 0 Å².